The normalized spacial score (nSPS) is 16.8. The first-order valence-electron chi connectivity index (χ1n) is 9.99. The summed E-state index contributed by atoms with van der Waals surface area (Å²) in [5.74, 6) is 0.00302. The minimum absolute atomic E-state index is 0.00827. The molecule has 1 atom stereocenters. The number of rotatable bonds is 4. The lowest BCUT2D eigenvalue weighted by Crippen LogP contribution is -2.40. The summed E-state index contributed by atoms with van der Waals surface area (Å²) in [5.41, 5.74) is 4.24. The van der Waals surface area contributed by atoms with Gasteiger partial charge < -0.3 is 4.90 Å². The third-order valence-corrected chi connectivity index (χ3v) is 5.55. The summed E-state index contributed by atoms with van der Waals surface area (Å²) in [6, 6.07) is 12.7. The Morgan fingerprint density at radius 2 is 2.07 bits per heavy atom. The number of benzene rings is 1. The van der Waals surface area contributed by atoms with Crippen molar-refractivity contribution >= 4 is 5.91 Å². The molecule has 1 aliphatic rings. The number of pyridine rings is 1. The molecule has 1 fully saturated rings. The lowest BCUT2D eigenvalue weighted by atomic mass is 9.92. The molecule has 0 unspecified atom stereocenters. The van der Waals surface area contributed by atoms with Crippen molar-refractivity contribution in [2.45, 2.75) is 32.1 Å². The standard InChI is InChI=1S/C23H25FN4O/c1-16-12-17(13-18-6-3-4-8-20(18)24)14-21(26-16)19-7-5-11-28(15-19)23(29)22-9-10-25-27(22)2/h3-4,6,8-10,12,14,19H,5,7,11,13,15H2,1-2H3/t19-/m0/s1. The van der Waals surface area contributed by atoms with E-state index in [0.717, 1.165) is 36.3 Å². The first-order chi connectivity index (χ1) is 14.0. The van der Waals surface area contributed by atoms with Gasteiger partial charge in [-0.3, -0.25) is 14.5 Å². The van der Waals surface area contributed by atoms with Crippen LogP contribution < -0.4 is 0 Å². The quantitative estimate of drug-likeness (QED) is 0.677. The number of aryl methyl sites for hydroxylation is 2. The second-order valence-corrected chi connectivity index (χ2v) is 7.74. The maximum Gasteiger partial charge on any atom is 0.272 e. The highest BCUT2D eigenvalue weighted by molar-refractivity contribution is 5.92. The SMILES string of the molecule is Cc1cc(Cc2ccccc2F)cc([C@H]2CCCN(C(=O)c3ccnn3C)C2)n1. The fraction of sp³-hybridized carbons (Fsp3) is 0.348. The zero-order valence-corrected chi connectivity index (χ0v) is 16.8. The Morgan fingerprint density at radius 1 is 1.24 bits per heavy atom. The molecule has 0 spiro atoms. The van der Waals surface area contributed by atoms with E-state index in [1.165, 1.54) is 6.07 Å². The van der Waals surface area contributed by atoms with Gasteiger partial charge in [-0.2, -0.15) is 5.10 Å². The summed E-state index contributed by atoms with van der Waals surface area (Å²) in [4.78, 5) is 19.5. The highest BCUT2D eigenvalue weighted by Crippen LogP contribution is 2.28. The van der Waals surface area contributed by atoms with Crippen LogP contribution in [0.2, 0.25) is 0 Å². The Bertz CT molecular complexity index is 1030. The summed E-state index contributed by atoms with van der Waals surface area (Å²) >= 11 is 0. The molecule has 1 amide bonds. The van der Waals surface area contributed by atoms with Gasteiger partial charge in [0.05, 0.1) is 0 Å². The van der Waals surface area contributed by atoms with Crippen molar-refractivity contribution in [3.05, 3.63) is 82.7 Å². The van der Waals surface area contributed by atoms with Crippen LogP contribution in [0.15, 0.2) is 48.7 Å². The summed E-state index contributed by atoms with van der Waals surface area (Å²) < 4.78 is 15.7. The van der Waals surface area contributed by atoms with Crippen molar-refractivity contribution in [1.82, 2.24) is 19.7 Å². The lowest BCUT2D eigenvalue weighted by Gasteiger charge is -2.32. The van der Waals surface area contributed by atoms with E-state index >= 15 is 0 Å². The molecule has 1 aliphatic heterocycles. The minimum Gasteiger partial charge on any atom is -0.337 e. The van der Waals surface area contributed by atoms with E-state index in [1.54, 1.807) is 30.1 Å². The second-order valence-electron chi connectivity index (χ2n) is 7.74. The topological polar surface area (TPSA) is 51.0 Å². The Labute approximate surface area is 170 Å². The van der Waals surface area contributed by atoms with Crippen LogP contribution in [0, 0.1) is 12.7 Å². The van der Waals surface area contributed by atoms with Gasteiger partial charge in [0.2, 0.25) is 0 Å². The predicted molar refractivity (Wildman–Crippen MR) is 109 cm³/mol. The van der Waals surface area contributed by atoms with Crippen LogP contribution in [0.4, 0.5) is 4.39 Å². The molecule has 0 radical (unpaired) electrons. The van der Waals surface area contributed by atoms with Crippen LogP contribution in [0.25, 0.3) is 0 Å². The van der Waals surface area contributed by atoms with Gasteiger partial charge >= 0.3 is 0 Å². The molecule has 5 nitrogen and oxygen atoms in total. The molecular formula is C23H25FN4O. The number of piperidine rings is 1. The third kappa shape index (κ3) is 4.21. The van der Waals surface area contributed by atoms with Crippen LogP contribution in [-0.2, 0) is 13.5 Å². The molecule has 0 N–H and O–H groups in total. The van der Waals surface area contributed by atoms with Gasteiger partial charge in [-0.25, -0.2) is 4.39 Å². The number of aromatic nitrogens is 3. The number of likely N-dealkylation sites (tertiary alicyclic amines) is 1. The summed E-state index contributed by atoms with van der Waals surface area (Å²) in [5, 5.41) is 4.11. The highest BCUT2D eigenvalue weighted by atomic mass is 19.1. The van der Waals surface area contributed by atoms with Crippen LogP contribution >= 0.6 is 0 Å². The van der Waals surface area contributed by atoms with Crippen molar-refractivity contribution in [2.75, 3.05) is 13.1 Å². The highest BCUT2D eigenvalue weighted by Gasteiger charge is 2.27. The number of halogens is 1. The number of hydrogen-bond acceptors (Lipinski definition) is 3. The molecule has 0 aliphatic carbocycles. The average molecular weight is 392 g/mol. The predicted octanol–water partition coefficient (Wildman–Crippen LogP) is 3.87. The van der Waals surface area contributed by atoms with Crippen LogP contribution in [0.5, 0.6) is 0 Å². The first kappa shape index (κ1) is 19.3. The number of nitrogens with zero attached hydrogens (tertiary/aromatic N) is 4. The van der Waals surface area contributed by atoms with Gasteiger partial charge in [0, 0.05) is 50.1 Å². The molecule has 0 bridgehead atoms. The zero-order valence-electron chi connectivity index (χ0n) is 16.8. The van der Waals surface area contributed by atoms with E-state index in [0.29, 0.717) is 24.2 Å². The number of amides is 1. The number of carbonyl (C=O) groups is 1. The maximum absolute atomic E-state index is 14.1. The van der Waals surface area contributed by atoms with E-state index in [2.05, 4.69) is 11.2 Å². The van der Waals surface area contributed by atoms with Crippen molar-refractivity contribution in [3.63, 3.8) is 0 Å². The largest absolute Gasteiger partial charge is 0.337 e. The van der Waals surface area contributed by atoms with Crippen molar-refractivity contribution < 1.29 is 9.18 Å². The van der Waals surface area contributed by atoms with Crippen LogP contribution in [-0.4, -0.2) is 38.7 Å². The molecule has 3 heterocycles. The fourth-order valence-electron chi connectivity index (χ4n) is 4.09. The van der Waals surface area contributed by atoms with Crippen molar-refractivity contribution in [1.29, 1.82) is 0 Å². The van der Waals surface area contributed by atoms with Crippen molar-refractivity contribution in [3.8, 4) is 0 Å². The molecule has 150 valence electrons. The smallest absolute Gasteiger partial charge is 0.272 e. The molecule has 3 aromatic rings. The summed E-state index contributed by atoms with van der Waals surface area (Å²) in [6.07, 6.45) is 4.11. The minimum atomic E-state index is -0.186. The van der Waals surface area contributed by atoms with Gasteiger partial charge in [0.1, 0.15) is 11.5 Å². The Balaban J connectivity index is 1.54. The monoisotopic (exact) mass is 392 g/mol. The fourth-order valence-corrected chi connectivity index (χ4v) is 4.09. The lowest BCUT2D eigenvalue weighted by molar-refractivity contribution is 0.0694. The zero-order chi connectivity index (χ0) is 20.4. The summed E-state index contributed by atoms with van der Waals surface area (Å²) in [6.45, 7) is 3.35. The number of hydrogen-bond donors (Lipinski definition) is 0. The van der Waals surface area contributed by atoms with Gasteiger partial charge in [-0.05, 0) is 55.2 Å². The molecule has 0 saturated carbocycles. The molecule has 4 rings (SSSR count). The Kier molecular flexibility index (Phi) is 5.43. The van der Waals surface area contributed by atoms with Crippen molar-refractivity contribution in [2.24, 2.45) is 7.05 Å². The second kappa shape index (κ2) is 8.15. The molecule has 1 aromatic carbocycles. The maximum atomic E-state index is 14.1. The molecule has 29 heavy (non-hydrogen) atoms. The third-order valence-electron chi connectivity index (χ3n) is 5.55. The van der Waals surface area contributed by atoms with E-state index in [9.17, 15) is 9.18 Å². The summed E-state index contributed by atoms with van der Waals surface area (Å²) in [7, 11) is 1.78. The first-order valence-corrected chi connectivity index (χ1v) is 9.99. The molecule has 2 aromatic heterocycles. The molecule has 6 heteroatoms. The van der Waals surface area contributed by atoms with Gasteiger partial charge in [-0.15, -0.1) is 0 Å². The number of carbonyl (C=O) groups excluding carboxylic acids is 1. The van der Waals surface area contributed by atoms with Gasteiger partial charge in [-0.1, -0.05) is 18.2 Å². The Hall–Kier alpha value is -3.02. The average Bonchev–Trinajstić information content (AvgIpc) is 3.15. The van der Waals surface area contributed by atoms with Crippen LogP contribution in [0.3, 0.4) is 0 Å². The Morgan fingerprint density at radius 3 is 2.83 bits per heavy atom. The van der Waals surface area contributed by atoms with E-state index < -0.39 is 0 Å². The van der Waals surface area contributed by atoms with Gasteiger partial charge in [0.25, 0.3) is 5.91 Å². The van der Waals surface area contributed by atoms with Crippen LogP contribution in [0.1, 0.15) is 51.8 Å². The van der Waals surface area contributed by atoms with Gasteiger partial charge in [0.15, 0.2) is 0 Å². The van der Waals surface area contributed by atoms with E-state index in [4.69, 9.17) is 4.98 Å². The molecular weight excluding hydrogens is 367 g/mol. The van der Waals surface area contributed by atoms with E-state index in [1.807, 2.05) is 30.0 Å². The molecule has 1 saturated heterocycles. The van der Waals surface area contributed by atoms with E-state index in [-0.39, 0.29) is 17.6 Å².